The van der Waals surface area contributed by atoms with E-state index in [0.717, 1.165) is 19.6 Å². The summed E-state index contributed by atoms with van der Waals surface area (Å²) in [5.41, 5.74) is 1.31. The molecule has 1 N–H and O–H groups in total. The molecule has 1 rings (SSSR count). The number of aryl methyl sites for hydroxylation is 1. The summed E-state index contributed by atoms with van der Waals surface area (Å²) in [6, 6.07) is 0. The Kier molecular flexibility index (Phi) is 9.42. The highest BCUT2D eigenvalue weighted by Gasteiger charge is 2.00. The van der Waals surface area contributed by atoms with E-state index in [0.29, 0.717) is 0 Å². The van der Waals surface area contributed by atoms with Gasteiger partial charge in [-0.15, -0.1) is 0 Å². The minimum absolute atomic E-state index is 0.938. The van der Waals surface area contributed by atoms with Crippen molar-refractivity contribution < 1.29 is 0 Å². The van der Waals surface area contributed by atoms with Crippen molar-refractivity contribution in [1.82, 2.24) is 14.9 Å². The van der Waals surface area contributed by atoms with Crippen LogP contribution in [0, 0.1) is 0 Å². The molecule has 1 aromatic heterocycles. The van der Waals surface area contributed by atoms with Crippen LogP contribution in [0.3, 0.4) is 0 Å². The monoisotopic (exact) mass is 265 g/mol. The quantitative estimate of drug-likeness (QED) is 0.576. The molecule has 0 amide bonds. The van der Waals surface area contributed by atoms with Crippen LogP contribution >= 0.6 is 0 Å². The molecule has 0 aliphatic heterocycles. The smallest absolute Gasteiger partial charge is 0.0948 e. The van der Waals surface area contributed by atoms with E-state index in [1.54, 1.807) is 0 Å². The third-order valence-corrected chi connectivity index (χ3v) is 3.61. The van der Waals surface area contributed by atoms with Gasteiger partial charge >= 0.3 is 0 Å². The zero-order valence-electron chi connectivity index (χ0n) is 12.8. The van der Waals surface area contributed by atoms with E-state index in [1.807, 2.05) is 12.5 Å². The molecule has 0 aliphatic carbocycles. The summed E-state index contributed by atoms with van der Waals surface area (Å²) in [4.78, 5) is 4.25. The lowest BCUT2D eigenvalue weighted by Gasteiger charge is -2.08. The fourth-order valence-electron chi connectivity index (χ4n) is 2.37. The average molecular weight is 265 g/mol. The Labute approximate surface area is 118 Å². The van der Waals surface area contributed by atoms with Gasteiger partial charge in [0.1, 0.15) is 0 Å². The van der Waals surface area contributed by atoms with Crippen LogP contribution in [0.5, 0.6) is 0 Å². The summed E-state index contributed by atoms with van der Waals surface area (Å²) in [7, 11) is 0. The Bertz CT molecular complexity index is 307. The molecule has 0 atom stereocenters. The molecule has 0 fully saturated rings. The van der Waals surface area contributed by atoms with Crippen LogP contribution in [0.15, 0.2) is 12.5 Å². The maximum atomic E-state index is 4.25. The summed E-state index contributed by atoms with van der Waals surface area (Å²) < 4.78 is 2.29. The molecular formula is C16H31N3. The Morgan fingerprint density at radius 2 is 1.68 bits per heavy atom. The van der Waals surface area contributed by atoms with Gasteiger partial charge in [-0.25, -0.2) is 4.98 Å². The van der Waals surface area contributed by atoms with E-state index in [2.05, 4.69) is 28.7 Å². The van der Waals surface area contributed by atoms with Gasteiger partial charge in [0, 0.05) is 19.3 Å². The number of unbranched alkanes of at least 4 members (excludes halogenated alkanes) is 7. The van der Waals surface area contributed by atoms with Crippen LogP contribution in [0.4, 0.5) is 0 Å². The lowest BCUT2D eigenvalue weighted by atomic mass is 10.1. The Morgan fingerprint density at radius 3 is 2.37 bits per heavy atom. The number of hydrogen-bond acceptors (Lipinski definition) is 2. The number of hydrogen-bond donors (Lipinski definition) is 1. The minimum Gasteiger partial charge on any atom is -0.333 e. The molecule has 0 spiro atoms. The van der Waals surface area contributed by atoms with E-state index in [4.69, 9.17) is 0 Å². The Balaban J connectivity index is 2.04. The average Bonchev–Trinajstić information content (AvgIpc) is 2.87. The zero-order chi connectivity index (χ0) is 13.8. The van der Waals surface area contributed by atoms with Crippen molar-refractivity contribution in [1.29, 1.82) is 0 Å². The second kappa shape index (κ2) is 11.0. The summed E-state index contributed by atoms with van der Waals surface area (Å²) in [5.74, 6) is 0. The van der Waals surface area contributed by atoms with Crippen LogP contribution in [-0.2, 0) is 13.1 Å². The summed E-state index contributed by atoms with van der Waals surface area (Å²) in [6.45, 7) is 7.49. The van der Waals surface area contributed by atoms with Gasteiger partial charge in [-0.2, -0.15) is 0 Å². The number of rotatable bonds is 12. The Morgan fingerprint density at radius 1 is 1.00 bits per heavy atom. The summed E-state index contributed by atoms with van der Waals surface area (Å²) >= 11 is 0. The zero-order valence-corrected chi connectivity index (χ0v) is 12.8. The van der Waals surface area contributed by atoms with E-state index >= 15 is 0 Å². The topological polar surface area (TPSA) is 29.9 Å². The molecule has 0 aliphatic rings. The van der Waals surface area contributed by atoms with Gasteiger partial charge in [-0.05, 0) is 13.0 Å². The predicted octanol–water partition coefficient (Wildman–Crippen LogP) is 4.13. The third kappa shape index (κ3) is 7.36. The van der Waals surface area contributed by atoms with Crippen molar-refractivity contribution in [3.8, 4) is 0 Å². The predicted molar refractivity (Wildman–Crippen MR) is 82.2 cm³/mol. The van der Waals surface area contributed by atoms with Gasteiger partial charge < -0.3 is 9.88 Å². The molecular weight excluding hydrogens is 234 g/mol. The molecule has 110 valence electrons. The fourth-order valence-corrected chi connectivity index (χ4v) is 2.37. The largest absolute Gasteiger partial charge is 0.333 e. The van der Waals surface area contributed by atoms with Crippen LogP contribution < -0.4 is 5.32 Å². The first-order valence-corrected chi connectivity index (χ1v) is 8.08. The van der Waals surface area contributed by atoms with Gasteiger partial charge in [0.05, 0.1) is 12.0 Å². The summed E-state index contributed by atoms with van der Waals surface area (Å²) in [5, 5.41) is 3.36. The molecule has 1 aromatic rings. The first-order chi connectivity index (χ1) is 9.38. The molecule has 0 unspecified atom stereocenters. The van der Waals surface area contributed by atoms with Crippen molar-refractivity contribution in [3.63, 3.8) is 0 Å². The summed E-state index contributed by atoms with van der Waals surface area (Å²) in [6.07, 6.45) is 15.0. The SMILES string of the molecule is CCCCCCCCCCn1cncc1CNCC. The van der Waals surface area contributed by atoms with Crippen LogP contribution in [0.2, 0.25) is 0 Å². The molecule has 3 nitrogen and oxygen atoms in total. The maximum absolute atomic E-state index is 4.25. The highest BCUT2D eigenvalue weighted by atomic mass is 15.1. The standard InChI is InChI=1S/C16H31N3/c1-3-5-6-7-8-9-10-11-12-19-15-18-14-16(19)13-17-4-2/h14-15,17H,3-13H2,1-2H3. The molecule has 3 heteroatoms. The molecule has 1 heterocycles. The number of nitrogens with one attached hydrogen (secondary N) is 1. The lowest BCUT2D eigenvalue weighted by molar-refractivity contribution is 0.531. The minimum atomic E-state index is 0.938. The maximum Gasteiger partial charge on any atom is 0.0948 e. The van der Waals surface area contributed by atoms with Gasteiger partial charge in [0.2, 0.25) is 0 Å². The highest BCUT2D eigenvalue weighted by molar-refractivity contribution is 4.97. The first-order valence-electron chi connectivity index (χ1n) is 8.08. The second-order valence-electron chi connectivity index (χ2n) is 5.33. The van der Waals surface area contributed by atoms with Gasteiger partial charge in [0.15, 0.2) is 0 Å². The van der Waals surface area contributed by atoms with Gasteiger partial charge in [0.25, 0.3) is 0 Å². The van der Waals surface area contributed by atoms with E-state index < -0.39 is 0 Å². The van der Waals surface area contributed by atoms with Crippen molar-refractivity contribution in [2.45, 2.75) is 78.3 Å². The highest BCUT2D eigenvalue weighted by Crippen LogP contribution is 2.10. The molecule has 0 saturated carbocycles. The van der Waals surface area contributed by atoms with Gasteiger partial charge in [-0.3, -0.25) is 0 Å². The van der Waals surface area contributed by atoms with Gasteiger partial charge in [-0.1, -0.05) is 58.8 Å². The van der Waals surface area contributed by atoms with Crippen molar-refractivity contribution in [3.05, 3.63) is 18.2 Å². The van der Waals surface area contributed by atoms with Crippen molar-refractivity contribution in [2.75, 3.05) is 6.54 Å². The van der Waals surface area contributed by atoms with E-state index in [-0.39, 0.29) is 0 Å². The normalized spacial score (nSPS) is 11.1. The third-order valence-electron chi connectivity index (χ3n) is 3.61. The van der Waals surface area contributed by atoms with E-state index in [9.17, 15) is 0 Å². The second-order valence-corrected chi connectivity index (χ2v) is 5.33. The van der Waals surface area contributed by atoms with Crippen molar-refractivity contribution >= 4 is 0 Å². The Hall–Kier alpha value is -0.830. The van der Waals surface area contributed by atoms with E-state index in [1.165, 1.54) is 57.1 Å². The first kappa shape index (κ1) is 16.2. The number of aromatic nitrogens is 2. The number of nitrogens with zero attached hydrogens (tertiary/aromatic N) is 2. The molecule has 0 radical (unpaired) electrons. The van der Waals surface area contributed by atoms with Crippen LogP contribution in [0.1, 0.15) is 70.9 Å². The molecule has 19 heavy (non-hydrogen) atoms. The van der Waals surface area contributed by atoms with Crippen LogP contribution in [0.25, 0.3) is 0 Å². The molecule has 0 saturated heterocycles. The lowest BCUT2D eigenvalue weighted by Crippen LogP contribution is -2.15. The van der Waals surface area contributed by atoms with Crippen LogP contribution in [-0.4, -0.2) is 16.1 Å². The number of imidazole rings is 1. The van der Waals surface area contributed by atoms with Crippen molar-refractivity contribution in [2.24, 2.45) is 0 Å². The molecule has 0 bridgehead atoms. The fraction of sp³-hybridized carbons (Fsp3) is 0.812. The molecule has 0 aromatic carbocycles.